The Kier molecular flexibility index (Phi) is 4.07. The highest BCUT2D eigenvalue weighted by Gasteiger charge is 2.13. The van der Waals surface area contributed by atoms with E-state index >= 15 is 0 Å². The van der Waals surface area contributed by atoms with Crippen molar-refractivity contribution in [3.8, 4) is 0 Å². The van der Waals surface area contributed by atoms with Gasteiger partial charge >= 0.3 is 0 Å². The Morgan fingerprint density at radius 2 is 2.04 bits per heavy atom. The lowest BCUT2D eigenvalue weighted by Crippen LogP contribution is -2.25. The van der Waals surface area contributed by atoms with Crippen LogP contribution in [0.5, 0.6) is 0 Å². The Hall–Kier alpha value is -2.37. The Balaban J connectivity index is 1.56. The van der Waals surface area contributed by atoms with Crippen LogP contribution in [-0.2, 0) is 16.4 Å². The average molecular weight is 352 g/mol. The van der Waals surface area contributed by atoms with Crippen molar-refractivity contribution in [1.82, 2.24) is 25.1 Å². The first-order valence-corrected chi connectivity index (χ1v) is 8.86. The van der Waals surface area contributed by atoms with Crippen LogP contribution in [0.3, 0.4) is 0 Å². The number of hydrogen-bond acceptors (Lipinski definition) is 7. The van der Waals surface area contributed by atoms with E-state index in [0.29, 0.717) is 22.9 Å². The van der Waals surface area contributed by atoms with Crippen LogP contribution in [0.1, 0.15) is 15.4 Å². The van der Waals surface area contributed by atoms with E-state index in [-0.39, 0.29) is 10.8 Å². The van der Waals surface area contributed by atoms with Gasteiger partial charge in [0.15, 0.2) is 0 Å². The fourth-order valence-electron chi connectivity index (χ4n) is 1.89. The molecule has 0 spiro atoms. The number of aromatic nitrogens is 4. The standard InChI is InChI=1S/C12H12N6O3S2/c13-23(20,21)9-3-1-8(2-4-9)5-6-14-10(19)11-17-18-7-15-16-12(18)22-11/h1-4,7H,5-6H2,(H,14,19)(H2,13,20,21). The Morgan fingerprint density at radius 1 is 1.30 bits per heavy atom. The second kappa shape index (κ2) is 6.02. The third-order valence-electron chi connectivity index (χ3n) is 3.03. The molecule has 0 fully saturated rings. The first kappa shape index (κ1) is 15.5. The topological polar surface area (TPSA) is 132 Å². The Labute approximate surface area is 135 Å². The van der Waals surface area contributed by atoms with Crippen molar-refractivity contribution in [2.45, 2.75) is 11.3 Å². The summed E-state index contributed by atoms with van der Waals surface area (Å²) < 4.78 is 23.8. The SMILES string of the molecule is NS(=O)(=O)c1ccc(CCNC(=O)c2nn3cnnc3s2)cc1. The van der Waals surface area contributed by atoms with Crippen molar-refractivity contribution in [2.75, 3.05) is 6.54 Å². The van der Waals surface area contributed by atoms with Gasteiger partial charge in [0.1, 0.15) is 6.33 Å². The molecule has 0 saturated carbocycles. The van der Waals surface area contributed by atoms with Gasteiger partial charge in [-0.1, -0.05) is 23.5 Å². The zero-order valence-corrected chi connectivity index (χ0v) is 13.3. The van der Waals surface area contributed by atoms with Gasteiger partial charge in [-0.25, -0.2) is 13.6 Å². The maximum Gasteiger partial charge on any atom is 0.282 e. The number of nitrogens with zero attached hydrogens (tertiary/aromatic N) is 4. The molecule has 120 valence electrons. The van der Waals surface area contributed by atoms with E-state index in [1.165, 1.54) is 23.0 Å². The van der Waals surface area contributed by atoms with Gasteiger partial charge in [-0.05, 0) is 24.1 Å². The van der Waals surface area contributed by atoms with Crippen LogP contribution in [0.15, 0.2) is 35.5 Å². The summed E-state index contributed by atoms with van der Waals surface area (Å²) in [6.07, 6.45) is 1.98. The van der Waals surface area contributed by atoms with Crippen LogP contribution in [0.25, 0.3) is 4.96 Å². The molecule has 2 aromatic heterocycles. The van der Waals surface area contributed by atoms with E-state index in [1.54, 1.807) is 12.1 Å². The molecule has 0 aliphatic rings. The highest BCUT2D eigenvalue weighted by molar-refractivity contribution is 7.89. The quantitative estimate of drug-likeness (QED) is 0.654. The maximum absolute atomic E-state index is 12.0. The summed E-state index contributed by atoms with van der Waals surface area (Å²) in [5.74, 6) is -0.290. The number of nitrogens with one attached hydrogen (secondary N) is 1. The van der Waals surface area contributed by atoms with Crippen molar-refractivity contribution >= 4 is 32.2 Å². The van der Waals surface area contributed by atoms with Crippen LogP contribution in [-0.4, -0.2) is 40.7 Å². The minimum absolute atomic E-state index is 0.0602. The van der Waals surface area contributed by atoms with E-state index in [2.05, 4.69) is 20.6 Å². The monoisotopic (exact) mass is 352 g/mol. The number of fused-ring (bicyclic) bond motifs is 1. The van der Waals surface area contributed by atoms with Gasteiger partial charge in [0.25, 0.3) is 5.91 Å². The average Bonchev–Trinajstić information content (AvgIpc) is 3.08. The lowest BCUT2D eigenvalue weighted by Gasteiger charge is -2.04. The molecule has 0 atom stereocenters. The van der Waals surface area contributed by atoms with Gasteiger partial charge in [0.2, 0.25) is 20.0 Å². The van der Waals surface area contributed by atoms with E-state index in [1.807, 2.05) is 0 Å². The molecule has 3 rings (SSSR count). The van der Waals surface area contributed by atoms with Crippen LogP contribution in [0.4, 0.5) is 0 Å². The third kappa shape index (κ3) is 3.52. The predicted octanol–water partition coefficient (Wildman–Crippen LogP) is -0.194. The van der Waals surface area contributed by atoms with Gasteiger partial charge in [-0.2, -0.15) is 4.52 Å². The minimum atomic E-state index is -3.69. The number of rotatable bonds is 5. The molecule has 11 heteroatoms. The molecule has 9 nitrogen and oxygen atoms in total. The minimum Gasteiger partial charge on any atom is -0.350 e. The number of primary sulfonamides is 1. The lowest BCUT2D eigenvalue weighted by molar-refractivity contribution is 0.0952. The number of amides is 1. The summed E-state index contributed by atoms with van der Waals surface area (Å²) in [5.41, 5.74) is 0.885. The number of nitrogens with two attached hydrogens (primary N) is 1. The van der Waals surface area contributed by atoms with Crippen LogP contribution in [0, 0.1) is 0 Å². The summed E-state index contributed by atoms with van der Waals surface area (Å²) in [5, 5.41) is 19.6. The second-order valence-corrected chi connectivity index (χ2v) is 7.18. The van der Waals surface area contributed by atoms with Crippen molar-refractivity contribution in [1.29, 1.82) is 0 Å². The number of hydrogen-bond donors (Lipinski definition) is 2. The highest BCUT2D eigenvalue weighted by Crippen LogP contribution is 2.11. The number of sulfonamides is 1. The molecule has 2 heterocycles. The van der Waals surface area contributed by atoms with Crippen molar-refractivity contribution < 1.29 is 13.2 Å². The molecule has 0 bridgehead atoms. The van der Waals surface area contributed by atoms with E-state index in [9.17, 15) is 13.2 Å². The molecule has 0 unspecified atom stereocenters. The summed E-state index contributed by atoms with van der Waals surface area (Å²) in [6.45, 7) is 0.397. The summed E-state index contributed by atoms with van der Waals surface area (Å²) in [7, 11) is -3.69. The van der Waals surface area contributed by atoms with E-state index in [4.69, 9.17) is 5.14 Å². The molecule has 1 amide bonds. The van der Waals surface area contributed by atoms with Crippen molar-refractivity contribution in [3.63, 3.8) is 0 Å². The van der Waals surface area contributed by atoms with Crippen molar-refractivity contribution in [2.24, 2.45) is 5.14 Å². The maximum atomic E-state index is 12.0. The van der Waals surface area contributed by atoms with E-state index in [0.717, 1.165) is 16.9 Å². The molecule has 0 aliphatic carbocycles. The molecule has 23 heavy (non-hydrogen) atoms. The molecule has 0 aliphatic heterocycles. The number of carbonyl (C=O) groups excluding carboxylic acids is 1. The predicted molar refractivity (Wildman–Crippen MR) is 82.5 cm³/mol. The highest BCUT2D eigenvalue weighted by atomic mass is 32.2. The lowest BCUT2D eigenvalue weighted by atomic mass is 10.1. The first-order chi connectivity index (χ1) is 10.9. The first-order valence-electron chi connectivity index (χ1n) is 6.50. The zero-order chi connectivity index (χ0) is 16.4. The molecular formula is C12H12N6O3S2. The van der Waals surface area contributed by atoms with Gasteiger partial charge in [-0.3, -0.25) is 4.79 Å². The molecule has 3 aromatic rings. The smallest absolute Gasteiger partial charge is 0.282 e. The van der Waals surface area contributed by atoms with Crippen molar-refractivity contribution in [3.05, 3.63) is 41.2 Å². The van der Waals surface area contributed by atoms with Crippen LogP contribution < -0.4 is 10.5 Å². The van der Waals surface area contributed by atoms with Crippen LogP contribution in [0.2, 0.25) is 0 Å². The summed E-state index contributed by atoms with van der Waals surface area (Å²) >= 11 is 1.15. The Bertz CT molecular complexity index is 916. The summed E-state index contributed by atoms with van der Waals surface area (Å²) in [6, 6.07) is 6.20. The fourth-order valence-corrected chi connectivity index (χ4v) is 3.14. The van der Waals surface area contributed by atoms with Gasteiger partial charge in [-0.15, -0.1) is 15.3 Å². The Morgan fingerprint density at radius 3 is 2.70 bits per heavy atom. The normalized spacial score (nSPS) is 11.7. The molecule has 0 saturated heterocycles. The number of carbonyl (C=O) groups is 1. The molecule has 3 N–H and O–H groups in total. The zero-order valence-electron chi connectivity index (χ0n) is 11.7. The number of benzene rings is 1. The van der Waals surface area contributed by atoms with Gasteiger partial charge in [0.05, 0.1) is 4.90 Å². The van der Waals surface area contributed by atoms with E-state index < -0.39 is 10.0 Å². The molecule has 0 radical (unpaired) electrons. The molecule has 1 aromatic carbocycles. The van der Waals surface area contributed by atoms with Crippen LogP contribution >= 0.6 is 11.3 Å². The third-order valence-corrected chi connectivity index (χ3v) is 4.87. The molecular weight excluding hydrogens is 340 g/mol. The summed E-state index contributed by atoms with van der Waals surface area (Å²) in [4.78, 5) is 12.6. The van der Waals surface area contributed by atoms with Gasteiger partial charge < -0.3 is 5.32 Å². The largest absolute Gasteiger partial charge is 0.350 e. The second-order valence-electron chi connectivity index (χ2n) is 4.66. The fraction of sp³-hybridized carbons (Fsp3) is 0.167. The van der Waals surface area contributed by atoms with Gasteiger partial charge in [0, 0.05) is 6.54 Å².